The molecule has 0 unspecified atom stereocenters. The molecular weight excluding hydrogens is 144 g/mol. The van der Waals surface area contributed by atoms with Crippen LogP contribution in [0.4, 0.5) is 11.4 Å². The second-order valence-corrected chi connectivity index (χ2v) is 2.23. The highest BCUT2D eigenvalue weighted by Crippen LogP contribution is 2.24. The molecule has 11 heavy (non-hydrogen) atoms. The molecule has 1 N–H and O–H groups in total. The van der Waals surface area contributed by atoms with Gasteiger partial charge in [-0.3, -0.25) is 15.8 Å². The first-order valence-electron chi connectivity index (χ1n) is 3.08. The molecule has 57 valence electrons. The van der Waals surface area contributed by atoms with Crippen molar-refractivity contribution in [1.29, 1.82) is 0 Å². The summed E-state index contributed by atoms with van der Waals surface area (Å²) in [5.41, 5.74) is 7.77. The third-order valence-electron chi connectivity index (χ3n) is 1.45. The van der Waals surface area contributed by atoms with Crippen molar-refractivity contribution in [1.82, 2.24) is 5.73 Å². The van der Waals surface area contributed by atoms with Gasteiger partial charge in [-0.2, -0.15) is 0 Å². The van der Waals surface area contributed by atoms with Gasteiger partial charge in [0, 0.05) is 6.07 Å². The molecule has 4 nitrogen and oxygen atoms in total. The van der Waals surface area contributed by atoms with Crippen LogP contribution < -0.4 is 5.73 Å². The molecule has 4 heteroatoms. The fourth-order valence-electron chi connectivity index (χ4n) is 0.804. The average Bonchev–Trinajstić information content (AvgIpc) is 1.94. The molecule has 0 aromatic heterocycles. The zero-order valence-electron chi connectivity index (χ0n) is 6.00. The van der Waals surface area contributed by atoms with Gasteiger partial charge in [-0.05, 0) is 12.5 Å². The van der Waals surface area contributed by atoms with Gasteiger partial charge in [0.05, 0.1) is 4.92 Å². The van der Waals surface area contributed by atoms with Crippen LogP contribution in [0.1, 0.15) is 5.56 Å². The Morgan fingerprint density at radius 3 is 2.64 bits per heavy atom. The fraction of sp³-hybridized carbons (Fsp3) is 0.143. The van der Waals surface area contributed by atoms with Crippen LogP contribution in [-0.2, 0) is 0 Å². The lowest BCUT2D eigenvalue weighted by atomic mass is 10.2. The van der Waals surface area contributed by atoms with E-state index >= 15 is 0 Å². The first kappa shape index (κ1) is 7.53. The van der Waals surface area contributed by atoms with E-state index in [-0.39, 0.29) is 11.4 Å². The zero-order valence-corrected chi connectivity index (χ0v) is 6.00. The highest BCUT2D eigenvalue weighted by molar-refractivity contribution is 5.59. The van der Waals surface area contributed by atoms with Crippen LogP contribution in [0.2, 0.25) is 0 Å². The summed E-state index contributed by atoms with van der Waals surface area (Å²) in [5.74, 6) is 0. The van der Waals surface area contributed by atoms with Gasteiger partial charge in [-0.15, -0.1) is 0 Å². The Hall–Kier alpha value is -1.58. The third-order valence-corrected chi connectivity index (χ3v) is 1.45. The third kappa shape index (κ3) is 1.29. The molecule has 0 bridgehead atoms. The molecule has 0 saturated heterocycles. The van der Waals surface area contributed by atoms with Gasteiger partial charge in [-0.25, -0.2) is 0 Å². The molecule has 0 amide bonds. The van der Waals surface area contributed by atoms with Crippen molar-refractivity contribution >= 4 is 11.4 Å². The van der Waals surface area contributed by atoms with Gasteiger partial charge in [0.1, 0.15) is 5.69 Å². The van der Waals surface area contributed by atoms with Crippen LogP contribution in [0.3, 0.4) is 0 Å². The van der Waals surface area contributed by atoms with E-state index in [0.29, 0.717) is 5.56 Å². The quantitative estimate of drug-likeness (QED) is 0.453. The van der Waals surface area contributed by atoms with E-state index < -0.39 is 4.92 Å². The molecular formula is C7H7N2O2. The van der Waals surface area contributed by atoms with Gasteiger partial charge in [0.15, 0.2) is 0 Å². The summed E-state index contributed by atoms with van der Waals surface area (Å²) in [6.07, 6.45) is 0. The van der Waals surface area contributed by atoms with Crippen molar-refractivity contribution in [2.24, 2.45) is 0 Å². The monoisotopic (exact) mass is 151 g/mol. The first-order valence-corrected chi connectivity index (χ1v) is 3.08. The fourth-order valence-corrected chi connectivity index (χ4v) is 0.804. The second kappa shape index (κ2) is 2.57. The Morgan fingerprint density at radius 2 is 2.18 bits per heavy atom. The molecule has 1 rings (SSSR count). The van der Waals surface area contributed by atoms with Crippen molar-refractivity contribution in [3.63, 3.8) is 0 Å². The van der Waals surface area contributed by atoms with Crippen LogP contribution in [0.15, 0.2) is 18.2 Å². The van der Waals surface area contributed by atoms with E-state index in [4.69, 9.17) is 5.73 Å². The van der Waals surface area contributed by atoms with Crippen molar-refractivity contribution in [2.45, 2.75) is 6.92 Å². The van der Waals surface area contributed by atoms with Crippen molar-refractivity contribution in [3.8, 4) is 0 Å². The Bertz CT molecular complexity index is 296. The van der Waals surface area contributed by atoms with Gasteiger partial charge < -0.3 is 0 Å². The molecule has 1 aromatic carbocycles. The van der Waals surface area contributed by atoms with Crippen molar-refractivity contribution < 1.29 is 4.92 Å². The molecule has 0 fully saturated rings. The van der Waals surface area contributed by atoms with Crippen LogP contribution in [0.5, 0.6) is 0 Å². The molecule has 0 aliphatic heterocycles. The predicted molar refractivity (Wildman–Crippen MR) is 40.6 cm³/mol. The Kier molecular flexibility index (Phi) is 1.76. The number of hydrogen-bond acceptors (Lipinski definition) is 2. The van der Waals surface area contributed by atoms with Crippen LogP contribution in [-0.4, -0.2) is 4.92 Å². The van der Waals surface area contributed by atoms with Crippen molar-refractivity contribution in [3.05, 3.63) is 33.9 Å². The lowest BCUT2D eigenvalue weighted by Gasteiger charge is -1.97. The van der Waals surface area contributed by atoms with Gasteiger partial charge in [-0.1, -0.05) is 12.1 Å². The van der Waals surface area contributed by atoms with Gasteiger partial charge in [0.25, 0.3) is 5.69 Å². The number of nitrogens with zero attached hydrogens (tertiary/aromatic N) is 1. The summed E-state index contributed by atoms with van der Waals surface area (Å²) in [6, 6.07) is 4.58. The standard InChI is InChI=1S/C7H7N2O2/c1-5-3-2-4-6(7(5)8)9(10)11/h2-4,8H,1H3. The Balaban J connectivity index is 3.27. The lowest BCUT2D eigenvalue weighted by Crippen LogP contribution is -1.90. The molecule has 0 saturated carbocycles. The summed E-state index contributed by atoms with van der Waals surface area (Å²) in [4.78, 5) is 9.71. The summed E-state index contributed by atoms with van der Waals surface area (Å²) < 4.78 is 0. The second-order valence-electron chi connectivity index (χ2n) is 2.23. The lowest BCUT2D eigenvalue weighted by molar-refractivity contribution is -0.384. The number of hydrogen-bond donors (Lipinski definition) is 0. The number of nitrogens with one attached hydrogen (secondary N) is 1. The smallest absolute Gasteiger partial charge is 0.294 e. The van der Waals surface area contributed by atoms with Crippen LogP contribution in [0.25, 0.3) is 0 Å². The summed E-state index contributed by atoms with van der Waals surface area (Å²) in [7, 11) is 0. The van der Waals surface area contributed by atoms with Gasteiger partial charge in [0.2, 0.25) is 0 Å². The Labute approximate surface area is 63.8 Å². The highest BCUT2D eigenvalue weighted by Gasteiger charge is 2.11. The van der Waals surface area contributed by atoms with Crippen LogP contribution >= 0.6 is 0 Å². The minimum atomic E-state index is -0.546. The molecule has 0 spiro atoms. The van der Waals surface area contributed by atoms with E-state index in [0.717, 1.165) is 0 Å². The molecule has 0 heterocycles. The van der Waals surface area contributed by atoms with Crippen molar-refractivity contribution in [2.75, 3.05) is 0 Å². The maximum atomic E-state index is 10.3. The molecule has 0 atom stereocenters. The number of nitro benzene ring substituents is 1. The first-order chi connectivity index (χ1) is 5.13. The van der Waals surface area contributed by atoms with E-state index in [1.165, 1.54) is 6.07 Å². The summed E-state index contributed by atoms with van der Waals surface area (Å²) in [5, 5.41) is 10.3. The molecule has 0 aliphatic rings. The molecule has 0 aliphatic carbocycles. The number of benzene rings is 1. The minimum Gasteiger partial charge on any atom is -0.294 e. The molecule has 1 radical (unpaired) electrons. The van der Waals surface area contributed by atoms with Crippen LogP contribution in [0, 0.1) is 17.0 Å². The largest absolute Gasteiger partial charge is 0.294 e. The van der Waals surface area contributed by atoms with E-state index in [2.05, 4.69) is 0 Å². The highest BCUT2D eigenvalue weighted by atomic mass is 16.6. The van der Waals surface area contributed by atoms with E-state index in [9.17, 15) is 10.1 Å². The predicted octanol–water partition coefficient (Wildman–Crippen LogP) is 1.82. The Morgan fingerprint density at radius 1 is 1.55 bits per heavy atom. The minimum absolute atomic E-state index is 0.00231. The van der Waals surface area contributed by atoms with Gasteiger partial charge >= 0.3 is 0 Å². The average molecular weight is 151 g/mol. The normalized spacial score (nSPS) is 9.55. The summed E-state index contributed by atoms with van der Waals surface area (Å²) >= 11 is 0. The molecule has 1 aromatic rings. The SMILES string of the molecule is Cc1cccc([N+](=O)[O-])c1[NH]. The number of nitro groups is 1. The topological polar surface area (TPSA) is 66.9 Å². The van der Waals surface area contributed by atoms with E-state index in [1.807, 2.05) is 0 Å². The zero-order chi connectivity index (χ0) is 8.43. The number of aryl methyl sites for hydroxylation is 1. The maximum absolute atomic E-state index is 10.3. The number of rotatable bonds is 1. The maximum Gasteiger partial charge on any atom is 0.294 e. The van der Waals surface area contributed by atoms with E-state index in [1.54, 1.807) is 19.1 Å². The summed E-state index contributed by atoms with van der Waals surface area (Å²) in [6.45, 7) is 1.68.